The first-order valence-corrected chi connectivity index (χ1v) is 8.66. The van der Waals surface area contributed by atoms with Crippen LogP contribution in [0.15, 0.2) is 40.2 Å². The molecule has 0 aliphatic rings. The van der Waals surface area contributed by atoms with Gasteiger partial charge >= 0.3 is 0 Å². The lowest BCUT2D eigenvalue weighted by Crippen LogP contribution is -2.29. The number of thiazole rings is 1. The number of aromatic nitrogens is 1. The van der Waals surface area contributed by atoms with Crippen LogP contribution in [0.25, 0.3) is 0 Å². The molecule has 0 spiro atoms. The first-order valence-electron chi connectivity index (χ1n) is 6.41. The highest BCUT2D eigenvalue weighted by Crippen LogP contribution is 2.20. The summed E-state index contributed by atoms with van der Waals surface area (Å²) < 4.78 is 6.42. The van der Waals surface area contributed by atoms with E-state index in [-0.39, 0.29) is 12.5 Å². The van der Waals surface area contributed by atoms with Gasteiger partial charge in [0.2, 0.25) is 0 Å². The van der Waals surface area contributed by atoms with Gasteiger partial charge in [-0.05, 0) is 30.7 Å². The fourth-order valence-corrected chi connectivity index (χ4v) is 3.25. The first-order chi connectivity index (χ1) is 10.2. The zero-order chi connectivity index (χ0) is 14.9. The monoisotopic (exact) mass is 342 g/mol. The van der Waals surface area contributed by atoms with Crippen LogP contribution < -0.4 is 10.1 Å². The molecule has 4 nitrogen and oxygen atoms in total. The number of benzene rings is 1. The van der Waals surface area contributed by atoms with Crippen LogP contribution in [0.5, 0.6) is 5.75 Å². The molecule has 7 heteroatoms. The zero-order valence-corrected chi connectivity index (χ0v) is 13.6. The molecule has 0 radical (unpaired) electrons. The number of rotatable bonds is 8. The highest BCUT2D eigenvalue weighted by molar-refractivity contribution is 8.00. The molecule has 1 aromatic carbocycles. The highest BCUT2D eigenvalue weighted by atomic mass is 35.5. The van der Waals surface area contributed by atoms with E-state index < -0.39 is 0 Å². The molecular formula is C14H15ClN2O2S2. The molecule has 112 valence electrons. The van der Waals surface area contributed by atoms with Crippen molar-refractivity contribution >= 4 is 40.6 Å². The van der Waals surface area contributed by atoms with Crippen LogP contribution in [0.3, 0.4) is 0 Å². The van der Waals surface area contributed by atoms with Gasteiger partial charge in [-0.15, -0.1) is 11.3 Å². The van der Waals surface area contributed by atoms with Crippen LogP contribution in [0.2, 0.25) is 5.02 Å². The van der Waals surface area contributed by atoms with Gasteiger partial charge in [0.1, 0.15) is 10.1 Å². The Kier molecular flexibility index (Phi) is 6.85. The second-order valence-corrected chi connectivity index (χ2v) is 6.77. The van der Waals surface area contributed by atoms with Gasteiger partial charge in [-0.2, -0.15) is 0 Å². The molecule has 0 unspecified atom stereocenters. The standard InChI is InChI=1S/C14H15ClN2O2S2/c15-11-2-4-12(5-3-11)19-10-13(18)16-6-1-8-20-14-17-7-9-21-14/h2-5,7,9H,1,6,8,10H2,(H,16,18). The maximum Gasteiger partial charge on any atom is 0.257 e. The molecule has 0 atom stereocenters. The summed E-state index contributed by atoms with van der Waals surface area (Å²) in [5, 5.41) is 5.42. The van der Waals surface area contributed by atoms with E-state index in [1.165, 1.54) is 0 Å². The van der Waals surface area contributed by atoms with Crippen molar-refractivity contribution < 1.29 is 9.53 Å². The maximum absolute atomic E-state index is 11.6. The van der Waals surface area contributed by atoms with Crippen molar-refractivity contribution in [3.63, 3.8) is 0 Å². The summed E-state index contributed by atoms with van der Waals surface area (Å²) in [6.07, 6.45) is 2.69. The number of nitrogens with one attached hydrogen (secondary N) is 1. The van der Waals surface area contributed by atoms with E-state index in [9.17, 15) is 4.79 Å². The quantitative estimate of drug-likeness (QED) is 0.589. The average Bonchev–Trinajstić information content (AvgIpc) is 2.99. The van der Waals surface area contributed by atoms with Crippen molar-refractivity contribution in [1.82, 2.24) is 10.3 Å². The molecule has 1 aromatic heterocycles. The number of carbonyl (C=O) groups is 1. The number of hydrogen-bond donors (Lipinski definition) is 1. The Bertz CT molecular complexity index is 547. The predicted molar refractivity (Wildman–Crippen MR) is 87.4 cm³/mol. The van der Waals surface area contributed by atoms with Gasteiger partial charge in [0.05, 0.1) is 0 Å². The van der Waals surface area contributed by atoms with E-state index in [0.717, 1.165) is 16.5 Å². The summed E-state index contributed by atoms with van der Waals surface area (Å²) in [7, 11) is 0. The van der Waals surface area contributed by atoms with Gasteiger partial charge in [-0.3, -0.25) is 4.79 Å². The van der Waals surface area contributed by atoms with E-state index in [2.05, 4.69) is 10.3 Å². The molecule has 1 heterocycles. The Labute approximate surface area is 136 Å². The minimum atomic E-state index is -0.121. The van der Waals surface area contributed by atoms with Crippen molar-refractivity contribution in [3.05, 3.63) is 40.9 Å². The molecule has 1 amide bonds. The molecule has 21 heavy (non-hydrogen) atoms. The fraction of sp³-hybridized carbons (Fsp3) is 0.286. The highest BCUT2D eigenvalue weighted by Gasteiger charge is 2.02. The molecule has 0 saturated heterocycles. The van der Waals surface area contributed by atoms with Gasteiger partial charge in [-0.1, -0.05) is 23.4 Å². The van der Waals surface area contributed by atoms with Crippen molar-refractivity contribution in [2.24, 2.45) is 0 Å². The number of nitrogens with zero attached hydrogens (tertiary/aromatic N) is 1. The average molecular weight is 343 g/mol. The predicted octanol–water partition coefficient (Wildman–Crippen LogP) is 3.47. The largest absolute Gasteiger partial charge is 0.484 e. The number of carbonyl (C=O) groups excluding carboxylic acids is 1. The Balaban J connectivity index is 1.54. The first kappa shape index (κ1) is 16.1. The summed E-state index contributed by atoms with van der Waals surface area (Å²) >= 11 is 9.10. The van der Waals surface area contributed by atoms with Crippen LogP contribution in [0.4, 0.5) is 0 Å². The molecule has 0 saturated carbocycles. The van der Waals surface area contributed by atoms with Crippen molar-refractivity contribution in [3.8, 4) is 5.75 Å². The van der Waals surface area contributed by atoms with Gasteiger partial charge in [0.25, 0.3) is 5.91 Å². The van der Waals surface area contributed by atoms with Gasteiger partial charge in [0.15, 0.2) is 6.61 Å². The van der Waals surface area contributed by atoms with Gasteiger partial charge in [0, 0.05) is 28.9 Å². The van der Waals surface area contributed by atoms with Crippen molar-refractivity contribution in [2.75, 3.05) is 18.9 Å². The summed E-state index contributed by atoms with van der Waals surface area (Å²) in [6.45, 7) is 0.655. The van der Waals surface area contributed by atoms with E-state index in [1.54, 1.807) is 53.6 Å². The number of thioether (sulfide) groups is 1. The van der Waals surface area contributed by atoms with Crippen molar-refractivity contribution in [2.45, 2.75) is 10.8 Å². The van der Waals surface area contributed by atoms with Crippen molar-refractivity contribution in [1.29, 1.82) is 0 Å². The smallest absolute Gasteiger partial charge is 0.257 e. The summed E-state index contributed by atoms with van der Waals surface area (Å²) in [4.78, 5) is 15.8. The Morgan fingerprint density at radius 2 is 2.19 bits per heavy atom. The third kappa shape index (κ3) is 6.37. The third-order valence-corrected chi connectivity index (χ3v) is 4.77. The van der Waals surface area contributed by atoms with Gasteiger partial charge in [-0.25, -0.2) is 4.98 Å². The third-order valence-electron chi connectivity index (χ3n) is 2.46. The van der Waals surface area contributed by atoms with E-state index in [1.807, 2.05) is 5.38 Å². The van der Waals surface area contributed by atoms with E-state index >= 15 is 0 Å². The second kappa shape index (κ2) is 8.92. The molecule has 0 bridgehead atoms. The van der Waals surface area contributed by atoms with Crippen LogP contribution in [0, 0.1) is 0 Å². The second-order valence-electron chi connectivity index (χ2n) is 4.09. The number of halogens is 1. The van der Waals surface area contributed by atoms with Crippen LogP contribution >= 0.6 is 34.7 Å². The van der Waals surface area contributed by atoms with Gasteiger partial charge < -0.3 is 10.1 Å². The molecule has 2 rings (SSSR count). The lowest BCUT2D eigenvalue weighted by atomic mass is 10.3. The van der Waals surface area contributed by atoms with Crippen LogP contribution in [-0.2, 0) is 4.79 Å². The van der Waals surface area contributed by atoms with Crippen LogP contribution in [0.1, 0.15) is 6.42 Å². The molecule has 0 aliphatic heterocycles. The lowest BCUT2D eigenvalue weighted by Gasteiger charge is -2.07. The Morgan fingerprint density at radius 3 is 2.90 bits per heavy atom. The minimum absolute atomic E-state index is 0.0151. The molecular weight excluding hydrogens is 328 g/mol. The fourth-order valence-electron chi connectivity index (χ4n) is 1.47. The normalized spacial score (nSPS) is 10.3. The van der Waals surface area contributed by atoms with E-state index in [4.69, 9.17) is 16.3 Å². The summed E-state index contributed by atoms with van der Waals surface area (Å²) in [5.74, 6) is 1.45. The molecule has 0 aliphatic carbocycles. The number of ether oxygens (including phenoxy) is 1. The SMILES string of the molecule is O=C(COc1ccc(Cl)cc1)NCCCSc1nccs1. The maximum atomic E-state index is 11.6. The van der Waals surface area contributed by atoms with E-state index in [0.29, 0.717) is 17.3 Å². The minimum Gasteiger partial charge on any atom is -0.484 e. The molecule has 1 N–H and O–H groups in total. The molecule has 0 fully saturated rings. The van der Waals surface area contributed by atoms with Crippen LogP contribution in [-0.4, -0.2) is 29.8 Å². The zero-order valence-electron chi connectivity index (χ0n) is 11.3. The number of hydrogen-bond acceptors (Lipinski definition) is 5. The summed E-state index contributed by atoms with van der Waals surface area (Å²) in [6, 6.07) is 6.93. The Morgan fingerprint density at radius 1 is 1.38 bits per heavy atom. The Hall–Kier alpha value is -1.24. The topological polar surface area (TPSA) is 51.2 Å². The number of amides is 1. The summed E-state index contributed by atoms with van der Waals surface area (Å²) in [5.41, 5.74) is 0. The molecule has 2 aromatic rings. The lowest BCUT2D eigenvalue weighted by molar-refractivity contribution is -0.123.